The van der Waals surface area contributed by atoms with Gasteiger partial charge in [-0.05, 0) is 40.5 Å². The summed E-state index contributed by atoms with van der Waals surface area (Å²) in [4.78, 5) is 2.15. The van der Waals surface area contributed by atoms with E-state index in [2.05, 4.69) is 24.3 Å². The molecule has 0 bridgehead atoms. The minimum Gasteiger partial charge on any atom is -0.389 e. The molecule has 0 aliphatic rings. The highest BCUT2D eigenvalue weighted by Gasteiger charge is 2.07. The van der Waals surface area contributed by atoms with Crippen molar-refractivity contribution >= 4 is 0 Å². The minimum atomic E-state index is -0.450. The third-order valence-electron chi connectivity index (χ3n) is 2.31. The molecule has 0 rings (SSSR count). The van der Waals surface area contributed by atoms with Crippen LogP contribution in [0.3, 0.4) is 0 Å². The quantitative estimate of drug-likeness (QED) is 0.502. The van der Waals surface area contributed by atoms with Crippen LogP contribution in [0.15, 0.2) is 0 Å². The molecule has 0 aliphatic heterocycles. The maximum atomic E-state index is 9.64. The van der Waals surface area contributed by atoms with E-state index in [9.17, 15) is 5.11 Å². The smallest absolute Gasteiger partial charge is 0.0897 e. The summed E-state index contributed by atoms with van der Waals surface area (Å²) in [6.45, 7) is 5.40. The van der Waals surface area contributed by atoms with Gasteiger partial charge < -0.3 is 24.8 Å². The second kappa shape index (κ2) is 10.9. The Morgan fingerprint density at radius 3 is 2.59 bits per heavy atom. The lowest BCUT2D eigenvalue weighted by Gasteiger charge is -2.16. The van der Waals surface area contributed by atoms with E-state index in [1.807, 2.05) is 6.92 Å². The molecule has 104 valence electrons. The summed E-state index contributed by atoms with van der Waals surface area (Å²) < 4.78 is 10.4. The van der Waals surface area contributed by atoms with E-state index in [0.29, 0.717) is 19.8 Å². The first kappa shape index (κ1) is 16.8. The van der Waals surface area contributed by atoms with Gasteiger partial charge in [0.25, 0.3) is 0 Å². The van der Waals surface area contributed by atoms with Gasteiger partial charge in [-0.3, -0.25) is 0 Å². The van der Waals surface area contributed by atoms with Crippen LogP contribution in [0.5, 0.6) is 0 Å². The lowest BCUT2D eigenvalue weighted by atomic mass is 10.3. The minimum absolute atomic E-state index is 0.0309. The Bertz CT molecular complexity index is 168. The van der Waals surface area contributed by atoms with E-state index in [0.717, 1.165) is 19.5 Å². The predicted octanol–water partition coefficient (Wildman–Crippen LogP) is -0.0599. The fraction of sp³-hybridized carbons (Fsp3) is 1.00. The number of aliphatic hydroxyl groups excluding tert-OH is 1. The lowest BCUT2D eigenvalue weighted by molar-refractivity contribution is -0.0310. The van der Waals surface area contributed by atoms with Crippen LogP contribution in [0.4, 0.5) is 0 Å². The predicted molar refractivity (Wildman–Crippen MR) is 69.3 cm³/mol. The summed E-state index contributed by atoms with van der Waals surface area (Å²) in [6.07, 6.45) is 0.665. The maximum absolute atomic E-state index is 9.64. The molecule has 0 radical (unpaired) electrons. The van der Waals surface area contributed by atoms with Gasteiger partial charge in [0.05, 0.1) is 25.4 Å². The molecule has 0 fully saturated rings. The Hall–Kier alpha value is -0.200. The van der Waals surface area contributed by atoms with Gasteiger partial charge in [-0.2, -0.15) is 0 Å². The van der Waals surface area contributed by atoms with Gasteiger partial charge in [-0.15, -0.1) is 0 Å². The van der Waals surface area contributed by atoms with Gasteiger partial charge in [-0.1, -0.05) is 0 Å². The van der Waals surface area contributed by atoms with E-state index < -0.39 is 6.10 Å². The Labute approximate surface area is 105 Å². The van der Waals surface area contributed by atoms with Crippen molar-refractivity contribution in [1.82, 2.24) is 10.2 Å². The number of rotatable bonds is 11. The number of hydrogen-bond donors (Lipinski definition) is 2. The van der Waals surface area contributed by atoms with Crippen LogP contribution >= 0.6 is 0 Å². The second-order valence-electron chi connectivity index (χ2n) is 4.61. The van der Waals surface area contributed by atoms with Gasteiger partial charge in [0.2, 0.25) is 0 Å². The highest BCUT2D eigenvalue weighted by molar-refractivity contribution is 4.60. The first-order valence-corrected chi connectivity index (χ1v) is 6.20. The molecule has 0 aliphatic carbocycles. The molecule has 0 saturated heterocycles. The number of ether oxygens (including phenoxy) is 2. The fourth-order valence-corrected chi connectivity index (χ4v) is 1.41. The average molecular weight is 248 g/mol. The van der Waals surface area contributed by atoms with E-state index in [1.54, 1.807) is 7.11 Å². The molecule has 0 saturated carbocycles. The van der Waals surface area contributed by atoms with E-state index >= 15 is 0 Å². The molecule has 0 heterocycles. The highest BCUT2D eigenvalue weighted by atomic mass is 16.5. The van der Waals surface area contributed by atoms with Crippen LogP contribution in [-0.2, 0) is 9.47 Å². The van der Waals surface area contributed by atoms with Crippen molar-refractivity contribution in [3.63, 3.8) is 0 Å². The topological polar surface area (TPSA) is 54.0 Å². The van der Waals surface area contributed by atoms with Gasteiger partial charge in [0.15, 0.2) is 0 Å². The maximum Gasteiger partial charge on any atom is 0.0897 e. The summed E-state index contributed by atoms with van der Waals surface area (Å²) in [5.41, 5.74) is 0. The van der Waals surface area contributed by atoms with Crippen LogP contribution in [0.25, 0.3) is 0 Å². The first-order valence-electron chi connectivity index (χ1n) is 6.20. The molecule has 5 heteroatoms. The Morgan fingerprint density at radius 1 is 1.29 bits per heavy atom. The number of nitrogens with one attached hydrogen (secondary N) is 1. The van der Waals surface area contributed by atoms with Crippen LogP contribution in [0, 0.1) is 0 Å². The van der Waals surface area contributed by atoms with Crippen LogP contribution in [0.2, 0.25) is 0 Å². The fourth-order valence-electron chi connectivity index (χ4n) is 1.41. The zero-order chi connectivity index (χ0) is 13.1. The third-order valence-corrected chi connectivity index (χ3v) is 2.31. The van der Waals surface area contributed by atoms with E-state index in [-0.39, 0.29) is 6.10 Å². The van der Waals surface area contributed by atoms with Gasteiger partial charge in [-0.25, -0.2) is 0 Å². The number of aliphatic hydroxyl groups is 1. The van der Waals surface area contributed by atoms with Crippen molar-refractivity contribution in [2.75, 3.05) is 54.1 Å². The van der Waals surface area contributed by atoms with Gasteiger partial charge >= 0.3 is 0 Å². The van der Waals surface area contributed by atoms with Crippen LogP contribution in [-0.4, -0.2) is 76.3 Å². The van der Waals surface area contributed by atoms with Crippen molar-refractivity contribution in [2.45, 2.75) is 25.6 Å². The normalized spacial score (nSPS) is 15.2. The van der Waals surface area contributed by atoms with Crippen LogP contribution < -0.4 is 5.32 Å². The number of nitrogens with zero attached hydrogens (tertiary/aromatic N) is 1. The molecule has 0 aromatic carbocycles. The summed E-state index contributed by atoms with van der Waals surface area (Å²) in [6, 6.07) is 0. The zero-order valence-corrected chi connectivity index (χ0v) is 11.6. The Morgan fingerprint density at radius 2 is 2.00 bits per heavy atom. The van der Waals surface area contributed by atoms with Gasteiger partial charge in [0.1, 0.15) is 0 Å². The molecule has 0 aromatic rings. The molecule has 5 nitrogen and oxygen atoms in total. The third kappa shape index (κ3) is 12.1. The van der Waals surface area contributed by atoms with Gasteiger partial charge in [0, 0.05) is 13.7 Å². The molecule has 2 unspecified atom stereocenters. The standard InChI is InChI=1S/C12H28N2O3/c1-11(9-16-4)17-10-12(15)8-13-6-5-7-14(2)3/h11-13,15H,5-10H2,1-4H3. The number of methoxy groups -OCH3 is 1. The molecular weight excluding hydrogens is 220 g/mol. The Kier molecular flexibility index (Phi) is 10.8. The molecular formula is C12H28N2O3. The monoisotopic (exact) mass is 248 g/mol. The Balaban J connectivity index is 3.31. The molecule has 0 aromatic heterocycles. The zero-order valence-electron chi connectivity index (χ0n) is 11.6. The summed E-state index contributed by atoms with van der Waals surface area (Å²) >= 11 is 0. The SMILES string of the molecule is COCC(C)OCC(O)CNCCCN(C)C. The van der Waals surface area contributed by atoms with Crippen molar-refractivity contribution < 1.29 is 14.6 Å². The van der Waals surface area contributed by atoms with Crippen molar-refractivity contribution in [3.8, 4) is 0 Å². The number of hydrogen-bond acceptors (Lipinski definition) is 5. The van der Waals surface area contributed by atoms with Crippen molar-refractivity contribution in [2.24, 2.45) is 0 Å². The van der Waals surface area contributed by atoms with E-state index in [4.69, 9.17) is 9.47 Å². The largest absolute Gasteiger partial charge is 0.389 e. The second-order valence-corrected chi connectivity index (χ2v) is 4.61. The molecule has 0 amide bonds. The molecule has 2 N–H and O–H groups in total. The lowest BCUT2D eigenvalue weighted by Crippen LogP contribution is -2.33. The van der Waals surface area contributed by atoms with Crippen LogP contribution in [0.1, 0.15) is 13.3 Å². The molecule has 2 atom stereocenters. The van der Waals surface area contributed by atoms with Crippen molar-refractivity contribution in [1.29, 1.82) is 0 Å². The van der Waals surface area contributed by atoms with E-state index in [1.165, 1.54) is 0 Å². The average Bonchev–Trinajstić information content (AvgIpc) is 2.26. The molecule has 17 heavy (non-hydrogen) atoms. The summed E-state index contributed by atoms with van der Waals surface area (Å²) in [5, 5.41) is 12.8. The highest BCUT2D eigenvalue weighted by Crippen LogP contribution is 1.93. The van der Waals surface area contributed by atoms with Crippen molar-refractivity contribution in [3.05, 3.63) is 0 Å². The summed E-state index contributed by atoms with van der Waals surface area (Å²) in [5.74, 6) is 0. The summed E-state index contributed by atoms with van der Waals surface area (Å²) in [7, 11) is 5.75. The first-order chi connectivity index (χ1) is 8.06. The molecule has 0 spiro atoms.